The maximum atomic E-state index is 13.8. The van der Waals surface area contributed by atoms with Crippen molar-refractivity contribution < 1.29 is 87.1 Å². The number of carbonyl (C=O) groups excluding carboxylic acids is 3. The van der Waals surface area contributed by atoms with E-state index in [-0.39, 0.29) is 89.5 Å². The average Bonchev–Trinajstić information content (AvgIpc) is 2.88. The van der Waals surface area contributed by atoms with E-state index in [4.69, 9.17) is 18.9 Å². The molecular weight excluding hydrogens is 785 g/mol. The van der Waals surface area contributed by atoms with Crippen LogP contribution in [0.15, 0.2) is 0 Å². The molecule has 1 radical (unpaired) electrons. The van der Waals surface area contributed by atoms with Crippen LogP contribution in [0.5, 0.6) is 0 Å². The first-order valence-electron chi connectivity index (χ1n) is 14.6. The van der Waals surface area contributed by atoms with Crippen LogP contribution >= 0.6 is 0 Å². The molecule has 6 unspecified atom stereocenters. The van der Waals surface area contributed by atoms with Gasteiger partial charge in [0.2, 0.25) is 0 Å². The number of methoxy groups -OCH3 is 1. The maximum absolute atomic E-state index is 13.8. The Labute approximate surface area is 294 Å². The molecule has 0 N–H and O–H groups in total. The summed E-state index contributed by atoms with van der Waals surface area (Å²) < 4.78 is 24.7. The van der Waals surface area contributed by atoms with Crippen molar-refractivity contribution in [2.24, 2.45) is 29.1 Å². The summed E-state index contributed by atoms with van der Waals surface area (Å²) in [6.07, 6.45) is 0.605. The van der Waals surface area contributed by atoms with Crippen LogP contribution < -0.4 is 0 Å². The molecular formula is C31H54N2O7WY-2. The number of nitrogens with zero attached hydrogens (tertiary/aromatic N) is 2. The van der Waals surface area contributed by atoms with Crippen LogP contribution in [0.4, 0.5) is 0 Å². The number of likely N-dealkylation sites (N-methyl/N-ethyl adjacent to an activating group) is 2. The number of cyclic esters (lactones) is 1. The summed E-state index contributed by atoms with van der Waals surface area (Å²) in [6.45, 7) is 16.8. The standard InChI is InChI=1S/C31H54N2O7.W.Y/c1-17-15-30(7,8)27(40-29-26(37-13)23(33(11)12)14-19(3)38-29)20(4)25(35)21(5)28(36)39-22(6)31(9,32-10)16-18(2)24(17)34;;/h16-23,26-27,29H,14-15H2,1-13H3;;/q-2;;/t17?,18?,19-,20+,21-,22-,23?,26?,27?,29?,31+;;/m1../s1. The summed E-state index contributed by atoms with van der Waals surface area (Å²) >= 11 is 0. The minimum Gasteiger partial charge on any atom is -0.683 e. The maximum Gasteiger partial charge on any atom is 0.316 e. The van der Waals surface area contributed by atoms with E-state index >= 15 is 0 Å². The molecule has 0 aromatic carbocycles. The predicted molar refractivity (Wildman–Crippen MR) is 155 cm³/mol. The van der Waals surface area contributed by atoms with Crippen molar-refractivity contribution in [3.8, 4) is 0 Å². The second-order valence-electron chi connectivity index (χ2n) is 13.2. The molecule has 0 aliphatic carbocycles. The third-order valence-electron chi connectivity index (χ3n) is 9.21. The Kier molecular flexibility index (Phi) is 17.5. The molecule has 2 fully saturated rings. The van der Waals surface area contributed by atoms with Gasteiger partial charge in [0.1, 0.15) is 17.8 Å². The molecule has 2 aliphatic rings. The van der Waals surface area contributed by atoms with E-state index in [0.29, 0.717) is 6.42 Å². The Balaban J connectivity index is 0.00000840. The molecule has 2 rings (SSSR count). The number of Topliss-reactive ketones (excluding diaryl/α,β-unsaturated/α-hetero) is 2. The second kappa shape index (κ2) is 17.4. The van der Waals surface area contributed by atoms with Crippen LogP contribution in [0.1, 0.15) is 75.2 Å². The van der Waals surface area contributed by atoms with Crippen molar-refractivity contribution in [3.63, 3.8) is 0 Å². The van der Waals surface area contributed by atoms with Crippen LogP contribution in [-0.2, 0) is 87.1 Å². The van der Waals surface area contributed by atoms with Gasteiger partial charge in [-0.3, -0.25) is 9.59 Å². The van der Waals surface area contributed by atoms with Gasteiger partial charge in [0.15, 0.2) is 12.1 Å². The van der Waals surface area contributed by atoms with E-state index in [1.807, 2.05) is 62.1 Å². The van der Waals surface area contributed by atoms with Crippen LogP contribution in [0.2, 0.25) is 0 Å². The molecule has 0 amide bonds. The zero-order chi connectivity index (χ0) is 30.7. The number of hydrogen-bond acceptors (Lipinski definition) is 8. The summed E-state index contributed by atoms with van der Waals surface area (Å²) in [5.41, 5.74) is -1.50. The van der Waals surface area contributed by atoms with E-state index in [0.717, 1.165) is 6.42 Å². The van der Waals surface area contributed by atoms with Crippen LogP contribution in [-0.4, -0.2) is 93.0 Å². The van der Waals surface area contributed by atoms with E-state index in [2.05, 4.69) is 10.2 Å². The fourth-order valence-electron chi connectivity index (χ4n) is 6.51. The quantitative estimate of drug-likeness (QED) is 0.228. The predicted octanol–water partition coefficient (Wildman–Crippen LogP) is 4.46. The van der Waals surface area contributed by atoms with Crippen molar-refractivity contribution in [2.45, 2.75) is 117 Å². The minimum absolute atomic E-state index is 0. The molecule has 2 saturated heterocycles. The van der Waals surface area contributed by atoms with Crippen molar-refractivity contribution >= 4 is 17.5 Å². The summed E-state index contributed by atoms with van der Waals surface area (Å²) in [5.74, 6) is -3.23. The Morgan fingerprint density at radius 1 is 1.00 bits per heavy atom. The summed E-state index contributed by atoms with van der Waals surface area (Å²) in [4.78, 5) is 42.7. The molecule has 0 aromatic heterocycles. The fourth-order valence-corrected chi connectivity index (χ4v) is 6.51. The number of carbonyl (C=O) groups is 3. The van der Waals surface area contributed by atoms with Crippen molar-refractivity contribution in [1.82, 2.24) is 4.90 Å². The van der Waals surface area contributed by atoms with E-state index in [1.165, 1.54) is 0 Å². The third kappa shape index (κ3) is 9.95. The summed E-state index contributed by atoms with van der Waals surface area (Å²) in [7, 11) is 7.28. The van der Waals surface area contributed by atoms with Crippen molar-refractivity contribution in [1.29, 1.82) is 0 Å². The van der Waals surface area contributed by atoms with Crippen LogP contribution in [0, 0.1) is 35.5 Å². The molecule has 42 heavy (non-hydrogen) atoms. The summed E-state index contributed by atoms with van der Waals surface area (Å²) in [5, 5.41) is 4.46. The Bertz CT molecular complexity index is 907. The van der Waals surface area contributed by atoms with E-state index < -0.39 is 53.2 Å². The Hall–Kier alpha value is 0.402. The van der Waals surface area contributed by atoms with Crippen molar-refractivity contribution in [2.75, 3.05) is 28.3 Å². The number of ketones is 2. The van der Waals surface area contributed by atoms with Gasteiger partial charge in [0, 0.05) is 78.8 Å². The molecule has 0 saturated carbocycles. The van der Waals surface area contributed by atoms with Gasteiger partial charge >= 0.3 is 5.97 Å². The third-order valence-corrected chi connectivity index (χ3v) is 9.21. The molecule has 241 valence electrons. The normalized spacial score (nSPS) is 40.4. The molecule has 2 aliphatic heterocycles. The first-order valence-corrected chi connectivity index (χ1v) is 14.6. The van der Waals surface area contributed by atoms with Crippen LogP contribution in [0.25, 0.3) is 5.32 Å². The van der Waals surface area contributed by atoms with Gasteiger partial charge in [0.25, 0.3) is 0 Å². The molecule has 0 aromatic rings. The number of rotatable bonds is 5. The first kappa shape index (κ1) is 42.4. The topological polar surface area (TPSA) is 105 Å². The molecule has 0 spiro atoms. The second-order valence-corrected chi connectivity index (χ2v) is 13.2. The van der Waals surface area contributed by atoms with Gasteiger partial charge in [-0.05, 0) is 53.1 Å². The van der Waals surface area contributed by atoms with Gasteiger partial charge in [-0.25, -0.2) is 5.54 Å². The zero-order valence-corrected chi connectivity index (χ0v) is 33.8. The van der Waals surface area contributed by atoms with Gasteiger partial charge in [-0.2, -0.15) is 7.05 Å². The SMILES string of the molecule is C[N-][C@@]1(C)[CH-]C(C)C(=O)C(C)CC(C)(C)C(OC2O[C@H](C)CC(N(C)C)C2OC)[C@@H](C)C(=O)[C@@H](C)C(=O)O[C@@H]1C.[W].[Y]. The smallest absolute Gasteiger partial charge is 0.316 e. The molecule has 11 atom stereocenters. The largest absolute Gasteiger partial charge is 0.683 e. The monoisotopic (exact) mass is 839 g/mol. The van der Waals surface area contributed by atoms with Crippen molar-refractivity contribution in [3.05, 3.63) is 11.7 Å². The number of ether oxygens (including phenoxy) is 4. The Morgan fingerprint density at radius 3 is 2.07 bits per heavy atom. The van der Waals surface area contributed by atoms with E-state index in [1.54, 1.807) is 34.9 Å². The number of esters is 1. The average molecular weight is 840 g/mol. The van der Waals surface area contributed by atoms with Gasteiger partial charge in [-0.15, -0.1) is 12.8 Å². The van der Waals surface area contributed by atoms with Gasteiger partial charge in [-0.1, -0.05) is 34.6 Å². The molecule has 2 heterocycles. The summed E-state index contributed by atoms with van der Waals surface area (Å²) in [6, 6.07) is 0.0527. The fraction of sp³-hybridized carbons (Fsp3) is 0.871. The van der Waals surface area contributed by atoms with E-state index in [9.17, 15) is 14.4 Å². The van der Waals surface area contributed by atoms with Gasteiger partial charge < -0.3 is 40.4 Å². The minimum atomic E-state index is -1.00. The number of hydrogen-bond donors (Lipinski definition) is 0. The molecule has 9 nitrogen and oxygen atoms in total. The first-order chi connectivity index (χ1) is 18.4. The molecule has 11 heteroatoms. The zero-order valence-electron chi connectivity index (χ0n) is 28.0. The molecule has 0 bridgehead atoms. The van der Waals surface area contributed by atoms with Gasteiger partial charge in [0.05, 0.1) is 18.3 Å². The van der Waals surface area contributed by atoms with Crippen LogP contribution in [0.3, 0.4) is 0 Å². The Morgan fingerprint density at radius 2 is 1.57 bits per heavy atom.